The molecular formula is C17H12BrN3O6. The highest BCUT2D eigenvalue weighted by Gasteiger charge is 2.16. The summed E-state index contributed by atoms with van der Waals surface area (Å²) in [6, 6.07) is 9.03. The zero-order valence-electron chi connectivity index (χ0n) is 13.8. The Morgan fingerprint density at radius 1 is 1.37 bits per heavy atom. The van der Waals surface area contributed by atoms with E-state index in [2.05, 4.69) is 26.5 Å². The van der Waals surface area contributed by atoms with Gasteiger partial charge in [-0.15, -0.1) is 0 Å². The second-order valence-electron chi connectivity index (χ2n) is 5.33. The molecule has 0 unspecified atom stereocenters. The number of hydrogen-bond donors (Lipinski definition) is 2. The summed E-state index contributed by atoms with van der Waals surface area (Å²) in [6.07, 6.45) is 1.07. The Labute approximate surface area is 160 Å². The van der Waals surface area contributed by atoms with E-state index in [-0.39, 0.29) is 28.5 Å². The van der Waals surface area contributed by atoms with Crippen molar-refractivity contribution < 1.29 is 24.0 Å². The van der Waals surface area contributed by atoms with Gasteiger partial charge >= 0.3 is 5.91 Å². The Balaban J connectivity index is 1.80. The van der Waals surface area contributed by atoms with Gasteiger partial charge < -0.3 is 14.3 Å². The van der Waals surface area contributed by atoms with E-state index in [9.17, 15) is 20.0 Å². The summed E-state index contributed by atoms with van der Waals surface area (Å²) in [5, 5.41) is 25.4. The van der Waals surface area contributed by atoms with Crippen molar-refractivity contribution in [1.82, 2.24) is 5.43 Å². The molecule has 0 spiro atoms. The van der Waals surface area contributed by atoms with Crippen molar-refractivity contribution in [2.75, 3.05) is 7.11 Å². The Morgan fingerprint density at radius 3 is 2.85 bits per heavy atom. The average Bonchev–Trinajstić information content (AvgIpc) is 3.06. The van der Waals surface area contributed by atoms with Gasteiger partial charge in [0, 0.05) is 21.5 Å². The number of amides is 1. The zero-order valence-corrected chi connectivity index (χ0v) is 15.4. The number of halogens is 1. The van der Waals surface area contributed by atoms with E-state index >= 15 is 0 Å². The molecule has 0 fully saturated rings. The molecule has 2 N–H and O–H groups in total. The Hall–Kier alpha value is -3.40. The van der Waals surface area contributed by atoms with Gasteiger partial charge in [-0.1, -0.05) is 15.9 Å². The van der Waals surface area contributed by atoms with Gasteiger partial charge in [0.2, 0.25) is 0 Å². The number of aromatic hydroxyl groups is 1. The number of benzene rings is 2. The summed E-state index contributed by atoms with van der Waals surface area (Å²) in [6.45, 7) is 0. The molecule has 9 nitrogen and oxygen atoms in total. The molecule has 3 rings (SSSR count). The van der Waals surface area contributed by atoms with Crippen molar-refractivity contribution in [1.29, 1.82) is 0 Å². The minimum atomic E-state index is -0.635. The standard InChI is InChI=1S/C17H12BrN3O6/c1-26-14-7-12(21(24)25)5-10(16(14)22)8-19-20-17(23)15-6-9-4-11(18)2-3-13(9)27-15/h2-8,22H,1H3,(H,20,23)/b19-8+. The number of carbonyl (C=O) groups excluding carboxylic acids is 1. The van der Waals surface area contributed by atoms with Crippen molar-refractivity contribution >= 4 is 44.7 Å². The van der Waals surface area contributed by atoms with Gasteiger partial charge in [0.15, 0.2) is 17.3 Å². The topological polar surface area (TPSA) is 127 Å². The zero-order chi connectivity index (χ0) is 19.6. The third kappa shape index (κ3) is 3.90. The number of carbonyl (C=O) groups is 1. The van der Waals surface area contributed by atoms with Crippen LogP contribution in [0.3, 0.4) is 0 Å². The van der Waals surface area contributed by atoms with Crippen LogP contribution in [-0.4, -0.2) is 29.3 Å². The summed E-state index contributed by atoms with van der Waals surface area (Å²) < 4.78 is 11.2. The third-order valence-corrected chi connectivity index (χ3v) is 4.09. The molecule has 0 atom stereocenters. The van der Waals surface area contributed by atoms with Crippen LogP contribution >= 0.6 is 15.9 Å². The molecule has 0 bridgehead atoms. The molecule has 1 amide bonds. The van der Waals surface area contributed by atoms with Crippen LogP contribution in [0.25, 0.3) is 11.0 Å². The average molecular weight is 434 g/mol. The Bertz CT molecular complexity index is 1080. The number of nitro groups is 1. The molecule has 0 aliphatic carbocycles. The number of hydrogen-bond acceptors (Lipinski definition) is 7. The molecule has 0 aliphatic rings. The first-order chi connectivity index (χ1) is 12.9. The first-order valence-electron chi connectivity index (χ1n) is 7.47. The number of non-ortho nitro benzene ring substituents is 1. The van der Waals surface area contributed by atoms with Crippen molar-refractivity contribution in [2.45, 2.75) is 0 Å². The van der Waals surface area contributed by atoms with Gasteiger partial charge in [-0.2, -0.15) is 5.10 Å². The summed E-state index contributed by atoms with van der Waals surface area (Å²) in [7, 11) is 1.27. The van der Waals surface area contributed by atoms with Gasteiger partial charge in [0.25, 0.3) is 5.69 Å². The molecule has 10 heteroatoms. The van der Waals surface area contributed by atoms with Gasteiger partial charge in [-0.25, -0.2) is 5.43 Å². The number of furan rings is 1. The van der Waals surface area contributed by atoms with Crippen LogP contribution in [0.1, 0.15) is 16.1 Å². The van der Waals surface area contributed by atoms with Crippen LogP contribution in [0.2, 0.25) is 0 Å². The van der Waals surface area contributed by atoms with E-state index in [0.29, 0.717) is 5.58 Å². The summed E-state index contributed by atoms with van der Waals surface area (Å²) >= 11 is 3.33. The number of methoxy groups -OCH3 is 1. The molecule has 0 saturated carbocycles. The van der Waals surface area contributed by atoms with E-state index in [1.54, 1.807) is 24.3 Å². The summed E-state index contributed by atoms with van der Waals surface area (Å²) in [5.41, 5.74) is 2.49. The van der Waals surface area contributed by atoms with Crippen LogP contribution in [0.5, 0.6) is 11.5 Å². The van der Waals surface area contributed by atoms with Crippen LogP contribution in [0.4, 0.5) is 5.69 Å². The molecule has 2 aromatic carbocycles. The monoisotopic (exact) mass is 433 g/mol. The van der Waals surface area contributed by atoms with Crippen LogP contribution in [0.15, 0.2) is 50.4 Å². The Kier molecular flexibility index (Phi) is 5.08. The van der Waals surface area contributed by atoms with Crippen LogP contribution in [-0.2, 0) is 0 Å². The predicted octanol–water partition coefficient (Wildman–Crippen LogP) is 3.58. The molecule has 0 saturated heterocycles. The van der Waals surface area contributed by atoms with E-state index in [0.717, 1.165) is 28.2 Å². The number of phenolic OH excluding ortho intramolecular Hbond substituents is 1. The fourth-order valence-corrected chi connectivity index (χ4v) is 2.69. The molecular weight excluding hydrogens is 422 g/mol. The van der Waals surface area contributed by atoms with E-state index in [1.165, 1.54) is 7.11 Å². The van der Waals surface area contributed by atoms with Gasteiger partial charge in [0.1, 0.15) is 5.58 Å². The minimum absolute atomic E-state index is 0.00915. The minimum Gasteiger partial charge on any atom is -0.504 e. The van der Waals surface area contributed by atoms with Crippen molar-refractivity contribution in [3.05, 3.63) is 62.3 Å². The van der Waals surface area contributed by atoms with Crippen molar-refractivity contribution in [3.63, 3.8) is 0 Å². The van der Waals surface area contributed by atoms with E-state index in [1.807, 2.05) is 0 Å². The molecule has 138 valence electrons. The largest absolute Gasteiger partial charge is 0.504 e. The van der Waals surface area contributed by atoms with Crippen molar-refractivity contribution in [2.24, 2.45) is 5.10 Å². The fraction of sp³-hybridized carbons (Fsp3) is 0.0588. The highest BCUT2D eigenvalue weighted by molar-refractivity contribution is 9.10. The second kappa shape index (κ2) is 7.46. The third-order valence-electron chi connectivity index (χ3n) is 3.59. The lowest BCUT2D eigenvalue weighted by Crippen LogP contribution is -2.16. The van der Waals surface area contributed by atoms with Gasteiger partial charge in [0.05, 0.1) is 24.3 Å². The van der Waals surface area contributed by atoms with Crippen LogP contribution < -0.4 is 10.2 Å². The summed E-state index contributed by atoms with van der Waals surface area (Å²) in [5.74, 6) is -0.994. The number of rotatable bonds is 5. The van der Waals surface area contributed by atoms with E-state index in [4.69, 9.17) is 9.15 Å². The van der Waals surface area contributed by atoms with Crippen LogP contribution in [0, 0.1) is 10.1 Å². The molecule has 1 heterocycles. The molecule has 27 heavy (non-hydrogen) atoms. The first kappa shape index (κ1) is 18.4. The quantitative estimate of drug-likeness (QED) is 0.359. The lowest BCUT2D eigenvalue weighted by molar-refractivity contribution is -0.385. The summed E-state index contributed by atoms with van der Waals surface area (Å²) in [4.78, 5) is 22.5. The number of phenols is 1. The number of hydrazone groups is 1. The number of ether oxygens (including phenoxy) is 1. The SMILES string of the molecule is COc1cc([N+](=O)[O-])cc(/C=N/NC(=O)c2cc3cc(Br)ccc3o2)c1O. The number of fused-ring (bicyclic) bond motifs is 1. The molecule has 1 aromatic heterocycles. The molecule has 0 aliphatic heterocycles. The van der Waals surface area contributed by atoms with Gasteiger partial charge in [-0.3, -0.25) is 14.9 Å². The molecule has 0 radical (unpaired) electrons. The lowest BCUT2D eigenvalue weighted by atomic mass is 10.2. The number of nitro benzene ring substituents is 1. The second-order valence-corrected chi connectivity index (χ2v) is 6.25. The maximum Gasteiger partial charge on any atom is 0.307 e. The normalized spacial score (nSPS) is 11.0. The smallest absolute Gasteiger partial charge is 0.307 e. The highest BCUT2D eigenvalue weighted by Crippen LogP contribution is 2.33. The lowest BCUT2D eigenvalue weighted by Gasteiger charge is -2.05. The number of nitrogens with one attached hydrogen (secondary N) is 1. The van der Waals surface area contributed by atoms with Crippen molar-refractivity contribution in [3.8, 4) is 11.5 Å². The maximum atomic E-state index is 12.1. The number of nitrogens with zero attached hydrogens (tertiary/aromatic N) is 2. The molecule has 3 aromatic rings. The maximum absolute atomic E-state index is 12.1. The van der Waals surface area contributed by atoms with Gasteiger partial charge in [-0.05, 0) is 24.3 Å². The predicted molar refractivity (Wildman–Crippen MR) is 100 cm³/mol. The fourth-order valence-electron chi connectivity index (χ4n) is 2.32. The van der Waals surface area contributed by atoms with E-state index < -0.39 is 10.8 Å². The Morgan fingerprint density at radius 2 is 2.15 bits per heavy atom. The first-order valence-corrected chi connectivity index (χ1v) is 8.26. The highest BCUT2D eigenvalue weighted by atomic mass is 79.9.